The van der Waals surface area contributed by atoms with Crippen molar-refractivity contribution in [1.82, 2.24) is 9.13 Å². The van der Waals surface area contributed by atoms with Gasteiger partial charge in [-0.15, -0.1) is 0 Å². The van der Waals surface area contributed by atoms with Crippen molar-refractivity contribution in [2.75, 3.05) is 0 Å². The van der Waals surface area contributed by atoms with Gasteiger partial charge in [-0.1, -0.05) is 84.9 Å². The van der Waals surface area contributed by atoms with Gasteiger partial charge in [0.1, 0.15) is 5.56 Å². The number of rotatable bonds is 5. The smallest absolute Gasteiger partial charge is 0.309 e. The van der Waals surface area contributed by atoms with Crippen LogP contribution >= 0.6 is 0 Å². The predicted octanol–water partition coefficient (Wildman–Crippen LogP) is 14.3. The monoisotopic (exact) mass is 844 g/mol. The minimum atomic E-state index is -5.22. The molecule has 0 spiro atoms. The summed E-state index contributed by atoms with van der Waals surface area (Å²) in [6.45, 7) is 0. The summed E-state index contributed by atoms with van der Waals surface area (Å²) in [6, 6.07) is 42.4. The summed E-state index contributed by atoms with van der Waals surface area (Å²) >= 11 is 0. The Morgan fingerprint density at radius 2 is 0.778 bits per heavy atom. The van der Waals surface area contributed by atoms with Crippen molar-refractivity contribution in [3.8, 4) is 56.9 Å². The SMILES string of the molecule is N#Cc1ccccc1-c1ccc2c(c1)c1ccccc1n2-c1cc(-c2c(F)c(F)c(F)c(F)c2F)cc(-n2c3ccccc3c3cc(-c4ccccc4C#N)ccc32)c1C(F)(F)F. The first-order valence-electron chi connectivity index (χ1n) is 19.2. The van der Waals surface area contributed by atoms with Gasteiger partial charge in [0.25, 0.3) is 0 Å². The van der Waals surface area contributed by atoms with E-state index >= 15 is 30.7 Å². The average molecular weight is 845 g/mol. The van der Waals surface area contributed by atoms with Crippen molar-refractivity contribution in [3.63, 3.8) is 0 Å². The zero-order valence-electron chi connectivity index (χ0n) is 32.2. The Bertz CT molecular complexity index is 3430. The highest BCUT2D eigenvalue weighted by molar-refractivity contribution is 6.12. The highest BCUT2D eigenvalue weighted by Gasteiger charge is 2.40. The summed E-state index contributed by atoms with van der Waals surface area (Å²) in [5.41, 5.74) is -0.877. The third-order valence-electron chi connectivity index (χ3n) is 11.4. The van der Waals surface area contributed by atoms with E-state index < -0.39 is 63.3 Å². The van der Waals surface area contributed by atoms with Crippen LogP contribution in [0.25, 0.3) is 88.4 Å². The molecule has 304 valence electrons. The van der Waals surface area contributed by atoms with Gasteiger partial charge < -0.3 is 9.13 Å². The molecular weight excluding hydrogens is 821 g/mol. The molecule has 0 fully saturated rings. The lowest BCUT2D eigenvalue weighted by Crippen LogP contribution is -2.16. The molecule has 0 radical (unpaired) electrons. The first-order chi connectivity index (χ1) is 30.4. The predicted molar refractivity (Wildman–Crippen MR) is 226 cm³/mol. The maximum Gasteiger partial charge on any atom is 0.420 e. The molecule has 0 N–H and O–H groups in total. The summed E-state index contributed by atoms with van der Waals surface area (Å²) in [7, 11) is 0. The zero-order chi connectivity index (χ0) is 43.9. The number of alkyl halides is 3. The van der Waals surface area contributed by atoms with Crippen molar-refractivity contribution in [2.45, 2.75) is 6.18 Å². The summed E-state index contributed by atoms with van der Waals surface area (Å²) in [5.74, 6) is -11.4. The fourth-order valence-electron chi connectivity index (χ4n) is 8.72. The van der Waals surface area contributed by atoms with Crippen molar-refractivity contribution in [3.05, 3.63) is 191 Å². The second-order valence-electron chi connectivity index (χ2n) is 14.8. The summed E-state index contributed by atoms with van der Waals surface area (Å²) in [4.78, 5) is 0. The molecule has 0 amide bonds. The molecule has 0 unspecified atom stereocenters. The number of nitrogens with zero attached hydrogens (tertiary/aromatic N) is 4. The number of hydrogen-bond acceptors (Lipinski definition) is 2. The van der Waals surface area contributed by atoms with Crippen molar-refractivity contribution >= 4 is 43.6 Å². The number of nitriles is 2. The van der Waals surface area contributed by atoms with E-state index in [-0.39, 0.29) is 22.1 Å². The summed E-state index contributed by atoms with van der Waals surface area (Å²) < 4.78 is 128. The molecule has 0 aliphatic heterocycles. The van der Waals surface area contributed by atoms with Crippen LogP contribution in [0.4, 0.5) is 35.1 Å². The lowest BCUT2D eigenvalue weighted by Gasteiger charge is -2.23. The molecule has 63 heavy (non-hydrogen) atoms. The van der Waals surface area contributed by atoms with Gasteiger partial charge in [0.2, 0.25) is 5.82 Å². The quantitative estimate of drug-likeness (QED) is 0.0984. The van der Waals surface area contributed by atoms with E-state index in [0.29, 0.717) is 54.9 Å². The number of aromatic nitrogens is 2. The topological polar surface area (TPSA) is 57.4 Å². The van der Waals surface area contributed by atoms with Crippen LogP contribution in [-0.4, -0.2) is 9.13 Å². The highest BCUT2D eigenvalue weighted by Crippen LogP contribution is 2.48. The molecule has 2 aromatic heterocycles. The Labute approximate surface area is 351 Å². The van der Waals surface area contributed by atoms with Crippen LogP contribution in [0.15, 0.2) is 146 Å². The molecule has 12 heteroatoms. The summed E-state index contributed by atoms with van der Waals surface area (Å²) in [5, 5.41) is 21.6. The van der Waals surface area contributed by atoms with E-state index in [0.717, 1.165) is 12.1 Å². The molecule has 4 nitrogen and oxygen atoms in total. The molecule has 8 aromatic carbocycles. The van der Waals surface area contributed by atoms with Gasteiger partial charge in [-0.3, -0.25) is 0 Å². The second kappa shape index (κ2) is 14.5. The third kappa shape index (κ3) is 5.94. The van der Waals surface area contributed by atoms with Crippen LogP contribution < -0.4 is 0 Å². The van der Waals surface area contributed by atoms with Gasteiger partial charge in [-0.25, -0.2) is 22.0 Å². The average Bonchev–Trinajstić information content (AvgIpc) is 3.81. The molecule has 0 aliphatic carbocycles. The molecule has 0 atom stereocenters. The van der Waals surface area contributed by atoms with Gasteiger partial charge in [0.05, 0.1) is 62.3 Å². The molecule has 0 saturated heterocycles. The maximum absolute atomic E-state index is 16.3. The van der Waals surface area contributed by atoms with Gasteiger partial charge in [0, 0.05) is 21.5 Å². The maximum atomic E-state index is 16.3. The molecule has 0 bridgehead atoms. The van der Waals surface area contributed by atoms with E-state index in [1.165, 1.54) is 9.13 Å². The standard InChI is InChI=1S/C51H24F8N4/c52-46-44(47(53)49(55)50(56)48(46)54)31-23-42(62-38-15-7-5-13-34(38)36-21-27(17-19-40(36)62)32-11-3-1-9-29(32)25-60)45(51(57,58)59)43(24-31)63-39-16-8-6-14-35(39)37-22-28(18-20-41(37)63)33-12-4-2-10-30(33)26-61/h1-24H. The Morgan fingerprint density at radius 3 is 1.21 bits per heavy atom. The lowest BCUT2D eigenvalue weighted by atomic mass is 9.97. The van der Waals surface area contributed by atoms with Crippen LogP contribution in [0.3, 0.4) is 0 Å². The van der Waals surface area contributed by atoms with E-state index in [9.17, 15) is 14.9 Å². The normalized spacial score (nSPS) is 11.8. The number of benzene rings is 8. The van der Waals surface area contributed by atoms with Gasteiger partial charge in [-0.05, 0) is 88.5 Å². The van der Waals surface area contributed by atoms with E-state index in [1.54, 1.807) is 133 Å². The molecule has 10 rings (SSSR count). The van der Waals surface area contributed by atoms with Gasteiger partial charge >= 0.3 is 6.18 Å². The van der Waals surface area contributed by atoms with E-state index in [2.05, 4.69) is 12.1 Å². The number of para-hydroxylation sites is 2. The van der Waals surface area contributed by atoms with E-state index in [4.69, 9.17) is 0 Å². The largest absolute Gasteiger partial charge is 0.420 e. The highest BCUT2D eigenvalue weighted by atomic mass is 19.4. The number of fused-ring (bicyclic) bond motifs is 6. The lowest BCUT2D eigenvalue weighted by molar-refractivity contribution is -0.137. The van der Waals surface area contributed by atoms with Crippen LogP contribution in [0.2, 0.25) is 0 Å². The first-order valence-corrected chi connectivity index (χ1v) is 19.2. The zero-order valence-corrected chi connectivity index (χ0v) is 32.2. The molecule has 10 aromatic rings. The van der Waals surface area contributed by atoms with Crippen molar-refractivity contribution in [1.29, 1.82) is 10.5 Å². The third-order valence-corrected chi connectivity index (χ3v) is 11.4. The van der Waals surface area contributed by atoms with Crippen molar-refractivity contribution in [2.24, 2.45) is 0 Å². The second-order valence-corrected chi connectivity index (χ2v) is 14.8. The Balaban J connectivity index is 1.37. The Kier molecular flexibility index (Phi) is 8.94. The molecule has 0 aliphatic rings. The van der Waals surface area contributed by atoms with Gasteiger partial charge in [0.15, 0.2) is 23.3 Å². The molecular formula is C51H24F8N4. The molecule has 2 heterocycles. The van der Waals surface area contributed by atoms with E-state index in [1.807, 2.05) is 0 Å². The van der Waals surface area contributed by atoms with Crippen LogP contribution in [0.5, 0.6) is 0 Å². The number of hydrogen-bond donors (Lipinski definition) is 0. The number of halogens is 8. The van der Waals surface area contributed by atoms with Crippen LogP contribution in [0.1, 0.15) is 16.7 Å². The fourth-order valence-corrected chi connectivity index (χ4v) is 8.72. The Morgan fingerprint density at radius 1 is 0.397 bits per heavy atom. The van der Waals surface area contributed by atoms with Crippen LogP contribution in [0, 0.1) is 51.7 Å². The minimum Gasteiger partial charge on any atom is -0.309 e. The van der Waals surface area contributed by atoms with Crippen molar-refractivity contribution < 1.29 is 35.1 Å². The van der Waals surface area contributed by atoms with Gasteiger partial charge in [-0.2, -0.15) is 23.7 Å². The molecule has 0 saturated carbocycles. The van der Waals surface area contributed by atoms with Crippen LogP contribution in [-0.2, 0) is 6.18 Å². The minimum absolute atomic E-state index is 0.212. The first kappa shape index (κ1) is 38.9. The fraction of sp³-hybridized carbons (Fsp3) is 0.0196. The Hall–Kier alpha value is -8.22. The summed E-state index contributed by atoms with van der Waals surface area (Å²) in [6.07, 6.45) is -5.22.